The van der Waals surface area contributed by atoms with Crippen LogP contribution in [0.15, 0.2) is 54.0 Å². The second-order valence-electron chi connectivity index (χ2n) is 4.21. The first-order chi connectivity index (χ1) is 11.2. The summed E-state index contributed by atoms with van der Waals surface area (Å²) in [6.45, 7) is 9.89. The smallest absolute Gasteiger partial charge is 0.147 e. The van der Waals surface area contributed by atoms with E-state index in [0.29, 0.717) is 5.56 Å². The molecule has 2 radical (unpaired) electrons. The fourth-order valence-electron chi connectivity index (χ4n) is 1.09. The first kappa shape index (κ1) is 30.6. The van der Waals surface area contributed by atoms with Crippen molar-refractivity contribution in [3.8, 4) is 0 Å². The van der Waals surface area contributed by atoms with Gasteiger partial charge in [-0.05, 0) is 26.0 Å². The first-order valence-corrected chi connectivity index (χ1v) is 6.56. The summed E-state index contributed by atoms with van der Waals surface area (Å²) in [6, 6.07) is 9.14. The molecule has 0 heterocycles. The van der Waals surface area contributed by atoms with Crippen molar-refractivity contribution in [2.75, 3.05) is 0 Å². The third-order valence-corrected chi connectivity index (χ3v) is 1.72. The van der Waals surface area contributed by atoms with Gasteiger partial charge in [0.25, 0.3) is 0 Å². The number of carbonyl (C=O) groups is 2. The van der Waals surface area contributed by atoms with Crippen molar-refractivity contribution in [1.82, 2.24) is 5.41 Å². The summed E-state index contributed by atoms with van der Waals surface area (Å²) < 4.78 is 7.50. The fraction of sp³-hybridized carbons (Fsp3) is 0.222. The van der Waals surface area contributed by atoms with Gasteiger partial charge in [0.2, 0.25) is 0 Å². The van der Waals surface area contributed by atoms with E-state index in [2.05, 4.69) is 6.65 Å². The molecule has 0 amide bonds. The number of allylic oxidation sites excluding steroid dienone is 4. The van der Waals surface area contributed by atoms with Crippen molar-refractivity contribution in [2.45, 2.75) is 27.7 Å². The Labute approximate surface area is 162 Å². The van der Waals surface area contributed by atoms with Gasteiger partial charge in [0.05, 0.1) is 0 Å². The fourth-order valence-corrected chi connectivity index (χ4v) is 1.09. The van der Waals surface area contributed by atoms with E-state index in [1.54, 1.807) is 12.1 Å². The van der Waals surface area contributed by atoms with Crippen LogP contribution >= 0.6 is 0 Å². The SMILES string of the molecule is CC(=O)/C=C(\C)[O-].CC(=O)/C=C(\C)[O-].[C-]#[O+].[N]=[C]c1ccccc1.[W+2]. The van der Waals surface area contributed by atoms with Gasteiger partial charge in [-0.15, -0.1) is 16.9 Å². The minimum Gasteiger partial charge on any atom is -0.147 e. The monoisotopic (exact) mass is 513 g/mol. The Hall–Kier alpha value is -2.26. The van der Waals surface area contributed by atoms with Gasteiger partial charge in [0.1, 0.15) is 6.21 Å². The van der Waals surface area contributed by atoms with Crippen LogP contribution in [0, 0.1) is 6.65 Å². The molecule has 0 aromatic heterocycles. The van der Waals surface area contributed by atoms with E-state index in [9.17, 15) is 19.8 Å². The molecule has 0 aliphatic carbocycles. The molecule has 0 aliphatic heterocycles. The van der Waals surface area contributed by atoms with Crippen molar-refractivity contribution >= 4 is 17.8 Å². The quantitative estimate of drug-likeness (QED) is 0.191. The van der Waals surface area contributed by atoms with Gasteiger partial charge >= 0.3 is 32.4 Å². The van der Waals surface area contributed by atoms with E-state index in [0.717, 1.165) is 12.2 Å². The average Bonchev–Trinajstić information content (AvgIpc) is 2.48. The Morgan fingerprint density at radius 1 is 0.960 bits per heavy atom. The molecule has 7 heteroatoms. The average molecular weight is 513 g/mol. The van der Waals surface area contributed by atoms with Crippen LogP contribution in [0.1, 0.15) is 33.3 Å². The zero-order valence-corrected chi connectivity index (χ0v) is 17.4. The molecule has 1 aromatic rings. The van der Waals surface area contributed by atoms with Crippen molar-refractivity contribution in [1.29, 1.82) is 0 Å². The summed E-state index contributed by atoms with van der Waals surface area (Å²) >= 11 is 0. The molecule has 0 saturated carbocycles. The zero-order valence-electron chi connectivity index (χ0n) is 14.4. The molecule has 0 N–H and O–H groups in total. The van der Waals surface area contributed by atoms with Gasteiger partial charge in [0, 0.05) is 5.56 Å². The topological polar surface area (TPSA) is 122 Å². The van der Waals surface area contributed by atoms with Crippen LogP contribution in [0.3, 0.4) is 0 Å². The third kappa shape index (κ3) is 34.2. The second kappa shape index (κ2) is 21.7. The largest absolute Gasteiger partial charge is 2.00 e. The molecule has 1 aromatic carbocycles. The predicted octanol–water partition coefficient (Wildman–Crippen LogP) is 0.422. The molecular weight excluding hydrogens is 494 g/mol. The Balaban J connectivity index is -0.000000124. The standard InChI is InChI=1S/C7H5N.2C5H8O2.CO.W/c8-6-7-4-2-1-3-5-7;2*1-4(6)3-5(2)7;1-2;/h1-5H;2*3,6H,1-2H3;;/q;;;;+2/p-2/b;2*4-3+;;. The molecule has 0 spiro atoms. The second-order valence-corrected chi connectivity index (χ2v) is 4.21. The Kier molecular flexibility index (Phi) is 26.6. The summed E-state index contributed by atoms with van der Waals surface area (Å²) in [6.07, 6.45) is 4.14. The van der Waals surface area contributed by atoms with Crippen molar-refractivity contribution < 1.29 is 45.5 Å². The summed E-state index contributed by atoms with van der Waals surface area (Å²) in [4.78, 5) is 20.0. The molecule has 0 fully saturated rings. The normalized spacial score (nSPS) is 9.20. The molecule has 1 rings (SSSR count). The van der Waals surface area contributed by atoms with Gasteiger partial charge in [-0.2, -0.15) is 0 Å². The van der Waals surface area contributed by atoms with Crippen molar-refractivity contribution in [3.05, 3.63) is 66.2 Å². The number of nitrogens with zero attached hydrogens (tertiary/aromatic N) is 1. The van der Waals surface area contributed by atoms with E-state index in [1.807, 2.05) is 24.4 Å². The molecular formula is C18H19NO5W. The van der Waals surface area contributed by atoms with Gasteiger partial charge in [-0.25, -0.2) is 0 Å². The maximum Gasteiger partial charge on any atom is 2.00 e. The summed E-state index contributed by atoms with van der Waals surface area (Å²) in [7, 11) is 0. The molecule has 0 aliphatic rings. The maximum absolute atomic E-state index is 9.98. The molecule has 132 valence electrons. The summed E-state index contributed by atoms with van der Waals surface area (Å²) in [5.41, 5.74) is 0.715. The van der Waals surface area contributed by atoms with Crippen LogP contribution in [0.4, 0.5) is 0 Å². The summed E-state index contributed by atoms with van der Waals surface area (Å²) in [5.74, 6) is -0.750. The zero-order chi connectivity index (χ0) is 19.5. The van der Waals surface area contributed by atoms with Crippen LogP contribution in [0.5, 0.6) is 0 Å². The molecule has 0 saturated heterocycles. The Morgan fingerprint density at radius 3 is 1.40 bits per heavy atom. The minimum atomic E-state index is -0.187. The van der Waals surface area contributed by atoms with Crippen LogP contribution in [-0.4, -0.2) is 17.8 Å². The molecule has 0 bridgehead atoms. The Morgan fingerprint density at radius 2 is 1.28 bits per heavy atom. The third-order valence-electron chi connectivity index (χ3n) is 1.72. The first-order valence-electron chi connectivity index (χ1n) is 6.56. The minimum absolute atomic E-state index is 0. The molecule has 0 unspecified atom stereocenters. The Bertz CT molecular complexity index is 542. The number of rotatable bonds is 3. The van der Waals surface area contributed by atoms with E-state index in [1.165, 1.54) is 27.7 Å². The van der Waals surface area contributed by atoms with Crippen LogP contribution < -0.4 is 15.6 Å². The molecule has 25 heavy (non-hydrogen) atoms. The number of hydrogen-bond acceptors (Lipinski definition) is 4. The van der Waals surface area contributed by atoms with Crippen molar-refractivity contribution in [3.63, 3.8) is 0 Å². The predicted molar refractivity (Wildman–Crippen MR) is 85.5 cm³/mol. The van der Waals surface area contributed by atoms with E-state index in [4.69, 9.17) is 10.1 Å². The van der Waals surface area contributed by atoms with Gasteiger partial charge in [-0.1, -0.05) is 44.2 Å². The van der Waals surface area contributed by atoms with E-state index < -0.39 is 0 Å². The van der Waals surface area contributed by atoms with Crippen molar-refractivity contribution in [2.24, 2.45) is 0 Å². The van der Waals surface area contributed by atoms with Crippen LogP contribution in [0.25, 0.3) is 0 Å². The maximum atomic E-state index is 9.98. The van der Waals surface area contributed by atoms with Crippen LogP contribution in [0.2, 0.25) is 0 Å². The number of hydrogen-bond donors (Lipinski definition) is 0. The van der Waals surface area contributed by atoms with Gasteiger partial charge in [-0.3, -0.25) is 9.59 Å². The summed E-state index contributed by atoms with van der Waals surface area (Å²) in [5, 5.41) is 28.2. The number of benzene rings is 1. The molecule has 6 nitrogen and oxygen atoms in total. The van der Waals surface area contributed by atoms with Crippen LogP contribution in [-0.2, 0) is 35.3 Å². The number of ketones is 2. The molecule has 0 atom stereocenters. The van der Waals surface area contributed by atoms with E-state index >= 15 is 0 Å². The van der Waals surface area contributed by atoms with Gasteiger partial charge in [0.15, 0.2) is 11.6 Å². The van der Waals surface area contributed by atoms with Gasteiger partial charge < -0.3 is 10.2 Å². The van der Waals surface area contributed by atoms with E-state index in [-0.39, 0.29) is 44.2 Å². The number of carbonyl (C=O) groups excluding carboxylic acids is 2.